The quantitative estimate of drug-likeness (QED) is 0.644. The molecular formula is C21H24N6O2. The fourth-order valence-electron chi connectivity index (χ4n) is 3.79. The van der Waals surface area contributed by atoms with Crippen LogP contribution in [0.1, 0.15) is 23.6 Å². The van der Waals surface area contributed by atoms with Crippen molar-refractivity contribution in [1.29, 1.82) is 0 Å². The molecule has 150 valence electrons. The fraction of sp³-hybridized carbons (Fsp3) is 0.333. The zero-order valence-corrected chi connectivity index (χ0v) is 16.5. The van der Waals surface area contributed by atoms with Gasteiger partial charge in [0.2, 0.25) is 5.95 Å². The molecule has 2 atom stereocenters. The zero-order chi connectivity index (χ0) is 20.2. The number of aromatic nitrogens is 4. The van der Waals surface area contributed by atoms with E-state index in [4.69, 9.17) is 4.74 Å². The molecule has 4 rings (SSSR count). The number of nitrogens with zero attached hydrogens (tertiary/aromatic N) is 4. The van der Waals surface area contributed by atoms with E-state index in [9.17, 15) is 4.79 Å². The molecule has 0 radical (unpaired) electrons. The number of esters is 1. The highest BCUT2D eigenvalue weighted by Crippen LogP contribution is 2.33. The van der Waals surface area contributed by atoms with Crippen LogP contribution < -0.4 is 10.2 Å². The van der Waals surface area contributed by atoms with Crippen LogP contribution in [0.3, 0.4) is 0 Å². The molecule has 3 aromatic rings. The molecule has 1 aliphatic heterocycles. The first-order valence-corrected chi connectivity index (χ1v) is 9.62. The average Bonchev–Trinajstić information content (AvgIpc) is 3.26. The van der Waals surface area contributed by atoms with Gasteiger partial charge in [-0.15, -0.1) is 0 Å². The van der Waals surface area contributed by atoms with E-state index < -0.39 is 0 Å². The Labute approximate surface area is 169 Å². The summed E-state index contributed by atoms with van der Waals surface area (Å²) in [6.07, 6.45) is 2.42. The first-order chi connectivity index (χ1) is 14.1. The van der Waals surface area contributed by atoms with Gasteiger partial charge in [-0.25, -0.2) is 4.98 Å². The van der Waals surface area contributed by atoms with Gasteiger partial charge in [0.1, 0.15) is 11.6 Å². The first-order valence-electron chi connectivity index (χ1n) is 9.62. The molecular weight excluding hydrogens is 368 g/mol. The lowest BCUT2D eigenvalue weighted by Crippen LogP contribution is -2.43. The Balaban J connectivity index is 1.63. The highest BCUT2D eigenvalue weighted by molar-refractivity contribution is 5.73. The van der Waals surface area contributed by atoms with Gasteiger partial charge in [-0.05, 0) is 18.9 Å². The summed E-state index contributed by atoms with van der Waals surface area (Å²) in [5, 5.41) is 10.0. The van der Waals surface area contributed by atoms with Crippen LogP contribution in [0.5, 0.6) is 0 Å². The number of hydrogen-bond donors (Lipinski definition) is 2. The number of methoxy groups -OCH3 is 1. The van der Waals surface area contributed by atoms with Crippen molar-refractivity contribution >= 4 is 23.6 Å². The van der Waals surface area contributed by atoms with Crippen molar-refractivity contribution in [3.8, 4) is 0 Å². The second-order valence-electron chi connectivity index (χ2n) is 7.26. The Kier molecular flexibility index (Phi) is 5.41. The van der Waals surface area contributed by atoms with Gasteiger partial charge in [0.15, 0.2) is 0 Å². The van der Waals surface area contributed by atoms with E-state index >= 15 is 0 Å². The summed E-state index contributed by atoms with van der Waals surface area (Å²) in [5.74, 6) is 1.80. The second-order valence-corrected chi connectivity index (χ2v) is 7.26. The molecule has 0 bridgehead atoms. The van der Waals surface area contributed by atoms with Gasteiger partial charge >= 0.3 is 5.97 Å². The second kappa shape index (κ2) is 8.30. The Morgan fingerprint density at radius 3 is 2.76 bits per heavy atom. The van der Waals surface area contributed by atoms with Crippen molar-refractivity contribution < 1.29 is 9.53 Å². The van der Waals surface area contributed by atoms with Gasteiger partial charge in [-0.3, -0.25) is 9.89 Å². The van der Waals surface area contributed by atoms with Crippen molar-refractivity contribution in [2.75, 3.05) is 30.4 Å². The summed E-state index contributed by atoms with van der Waals surface area (Å²) in [7, 11) is 1.44. The molecule has 1 saturated heterocycles. The van der Waals surface area contributed by atoms with E-state index in [-0.39, 0.29) is 17.8 Å². The van der Waals surface area contributed by atoms with E-state index in [2.05, 4.69) is 42.5 Å². The Hall–Kier alpha value is -3.42. The summed E-state index contributed by atoms with van der Waals surface area (Å²) in [6, 6.07) is 14.0. The maximum absolute atomic E-state index is 12.4. The van der Waals surface area contributed by atoms with Crippen molar-refractivity contribution in [2.45, 2.75) is 19.3 Å². The molecule has 0 amide bonds. The lowest BCUT2D eigenvalue weighted by molar-refractivity contribution is -0.145. The summed E-state index contributed by atoms with van der Waals surface area (Å²) >= 11 is 0. The minimum atomic E-state index is -0.230. The number of anilines is 3. The van der Waals surface area contributed by atoms with Crippen molar-refractivity contribution in [3.63, 3.8) is 0 Å². The predicted octanol–water partition coefficient (Wildman–Crippen LogP) is 3.03. The number of piperidine rings is 1. The molecule has 8 nitrogen and oxygen atoms in total. The third kappa shape index (κ3) is 4.37. The first kappa shape index (κ1) is 18.9. The maximum atomic E-state index is 12.4. The third-order valence-electron chi connectivity index (χ3n) is 5.14. The third-order valence-corrected chi connectivity index (χ3v) is 5.14. The maximum Gasteiger partial charge on any atom is 0.310 e. The number of hydrogen-bond acceptors (Lipinski definition) is 7. The number of aromatic amines is 1. The zero-order valence-electron chi connectivity index (χ0n) is 16.5. The molecule has 2 aromatic heterocycles. The van der Waals surface area contributed by atoms with Gasteiger partial charge < -0.3 is 15.0 Å². The van der Waals surface area contributed by atoms with Crippen molar-refractivity contribution in [2.24, 2.45) is 5.92 Å². The molecule has 2 N–H and O–H groups in total. The SMILES string of the molecule is COC(=O)C1CC(c2ccccc2)CN(c2nc(C)cc(Nc3ccn[nH]3)n2)C1. The summed E-state index contributed by atoms with van der Waals surface area (Å²) in [5.41, 5.74) is 2.04. The van der Waals surface area contributed by atoms with Crippen LogP contribution in [0.2, 0.25) is 0 Å². The standard InChI is InChI=1S/C21H24N6O2/c1-14-10-19(24-18-8-9-22-26-18)25-21(23-14)27-12-16(15-6-4-3-5-7-15)11-17(13-27)20(28)29-2/h3-10,16-17H,11-13H2,1-2H3,(H2,22,23,24,25,26). The summed E-state index contributed by atoms with van der Waals surface area (Å²) in [6.45, 7) is 3.20. The normalized spacial score (nSPS) is 19.0. The van der Waals surface area contributed by atoms with E-state index in [1.807, 2.05) is 37.3 Å². The number of rotatable bonds is 5. The number of aryl methyl sites for hydroxylation is 1. The molecule has 29 heavy (non-hydrogen) atoms. The molecule has 1 aliphatic rings. The van der Waals surface area contributed by atoms with E-state index in [1.165, 1.54) is 12.7 Å². The average molecular weight is 392 g/mol. The van der Waals surface area contributed by atoms with Crippen LogP contribution >= 0.6 is 0 Å². The molecule has 3 heterocycles. The summed E-state index contributed by atoms with van der Waals surface area (Å²) in [4.78, 5) is 23.7. The Morgan fingerprint density at radius 2 is 2.03 bits per heavy atom. The van der Waals surface area contributed by atoms with E-state index in [0.29, 0.717) is 18.3 Å². The highest BCUT2D eigenvalue weighted by Gasteiger charge is 2.34. The fourth-order valence-corrected chi connectivity index (χ4v) is 3.79. The highest BCUT2D eigenvalue weighted by atomic mass is 16.5. The summed E-state index contributed by atoms with van der Waals surface area (Å²) < 4.78 is 5.05. The van der Waals surface area contributed by atoms with Crippen LogP contribution in [-0.4, -0.2) is 46.3 Å². The molecule has 0 spiro atoms. The number of H-pyrrole nitrogens is 1. The lowest BCUT2D eigenvalue weighted by Gasteiger charge is -2.37. The molecule has 1 aromatic carbocycles. The van der Waals surface area contributed by atoms with Crippen LogP contribution in [0.25, 0.3) is 0 Å². The number of nitrogens with one attached hydrogen (secondary N) is 2. The smallest absolute Gasteiger partial charge is 0.310 e. The van der Waals surface area contributed by atoms with Gasteiger partial charge in [0, 0.05) is 36.8 Å². The van der Waals surface area contributed by atoms with Crippen LogP contribution in [0.4, 0.5) is 17.6 Å². The minimum Gasteiger partial charge on any atom is -0.469 e. The Bertz CT molecular complexity index is 961. The largest absolute Gasteiger partial charge is 0.469 e. The van der Waals surface area contributed by atoms with Crippen LogP contribution in [-0.2, 0) is 9.53 Å². The van der Waals surface area contributed by atoms with Gasteiger partial charge in [0.05, 0.1) is 19.2 Å². The van der Waals surface area contributed by atoms with E-state index in [0.717, 1.165) is 24.5 Å². The lowest BCUT2D eigenvalue weighted by atomic mass is 9.84. The number of carbonyl (C=O) groups excluding carboxylic acids is 1. The van der Waals surface area contributed by atoms with Crippen molar-refractivity contribution in [1.82, 2.24) is 20.2 Å². The van der Waals surface area contributed by atoms with Crippen molar-refractivity contribution in [3.05, 3.63) is 59.9 Å². The van der Waals surface area contributed by atoms with Gasteiger partial charge in [-0.2, -0.15) is 10.1 Å². The number of benzene rings is 1. The molecule has 0 saturated carbocycles. The minimum absolute atomic E-state index is 0.195. The predicted molar refractivity (Wildman–Crippen MR) is 110 cm³/mol. The molecule has 0 aliphatic carbocycles. The topological polar surface area (TPSA) is 96.0 Å². The van der Waals surface area contributed by atoms with Gasteiger partial charge in [0.25, 0.3) is 0 Å². The molecule has 2 unspecified atom stereocenters. The van der Waals surface area contributed by atoms with Gasteiger partial charge in [-0.1, -0.05) is 30.3 Å². The Morgan fingerprint density at radius 1 is 1.21 bits per heavy atom. The molecule has 8 heteroatoms. The van der Waals surface area contributed by atoms with E-state index in [1.54, 1.807) is 6.20 Å². The number of ether oxygens (including phenoxy) is 1. The van der Waals surface area contributed by atoms with Crippen LogP contribution in [0, 0.1) is 12.8 Å². The number of carbonyl (C=O) groups is 1. The monoisotopic (exact) mass is 392 g/mol. The van der Waals surface area contributed by atoms with Crippen LogP contribution in [0.15, 0.2) is 48.7 Å². The molecule has 1 fully saturated rings.